The van der Waals surface area contributed by atoms with E-state index in [4.69, 9.17) is 0 Å². The molecule has 0 saturated carbocycles. The molecule has 2 fully saturated rings. The number of rotatable bonds is 5. The summed E-state index contributed by atoms with van der Waals surface area (Å²) >= 11 is 0. The second-order valence-electron chi connectivity index (χ2n) is 7.68. The van der Waals surface area contributed by atoms with Crippen LogP contribution in [0.15, 0.2) is 24.3 Å². The number of nitrogens with one attached hydrogen (secondary N) is 1. The van der Waals surface area contributed by atoms with Crippen molar-refractivity contribution in [2.45, 2.75) is 38.6 Å². The zero-order valence-corrected chi connectivity index (χ0v) is 20.1. The van der Waals surface area contributed by atoms with Gasteiger partial charge in [-0.2, -0.15) is 0 Å². The van der Waals surface area contributed by atoms with Crippen molar-refractivity contribution in [3.8, 4) is 0 Å². The molecular weight excluding hydrogens is 443 g/mol. The predicted octanol–water partition coefficient (Wildman–Crippen LogP) is 4.62. The molecule has 166 valence electrons. The zero-order chi connectivity index (χ0) is 16.9. The van der Waals surface area contributed by atoms with Crippen LogP contribution in [0.5, 0.6) is 0 Å². The second-order valence-corrected chi connectivity index (χ2v) is 7.68. The zero-order valence-electron chi connectivity index (χ0n) is 16.8. The normalized spacial score (nSPS) is 19.6. The molecule has 2 saturated heterocycles. The monoisotopic (exact) mass is 477 g/mol. The molecule has 2 aliphatic rings. The van der Waals surface area contributed by atoms with E-state index in [1.165, 1.54) is 31.5 Å². The molecule has 1 unspecified atom stereocenters. The van der Waals surface area contributed by atoms with Gasteiger partial charge in [0.05, 0.1) is 0 Å². The maximum Gasteiger partial charge on any atom is 0.123 e. The smallest absolute Gasteiger partial charge is 0.123 e. The molecule has 0 spiro atoms. The lowest BCUT2D eigenvalue weighted by Gasteiger charge is -2.40. The third-order valence-corrected chi connectivity index (χ3v) is 5.84. The maximum absolute atomic E-state index is 13.4. The fourth-order valence-corrected chi connectivity index (χ4v) is 4.25. The van der Waals surface area contributed by atoms with Gasteiger partial charge >= 0.3 is 0 Å². The molecule has 3 rings (SSSR count). The highest BCUT2D eigenvalue weighted by Crippen LogP contribution is 2.34. The molecule has 0 radical (unpaired) electrons. The van der Waals surface area contributed by atoms with Gasteiger partial charge in [0.2, 0.25) is 0 Å². The summed E-state index contributed by atoms with van der Waals surface area (Å²) in [6.07, 6.45) is 2.51. The van der Waals surface area contributed by atoms with Gasteiger partial charge in [-0.05, 0) is 69.3 Å². The van der Waals surface area contributed by atoms with Gasteiger partial charge in [-0.3, -0.25) is 0 Å². The first-order valence-corrected chi connectivity index (χ1v) is 9.56. The van der Waals surface area contributed by atoms with Gasteiger partial charge in [-0.15, -0.1) is 49.6 Å². The molecule has 1 aromatic carbocycles. The molecule has 1 aromatic rings. The Hall–Kier alpha value is 0.190. The molecule has 3 nitrogen and oxygen atoms in total. The van der Waals surface area contributed by atoms with E-state index in [1.807, 2.05) is 12.1 Å². The third-order valence-electron chi connectivity index (χ3n) is 5.84. The number of piperazine rings is 1. The lowest BCUT2D eigenvalue weighted by Crippen LogP contribution is -2.47. The topological polar surface area (TPSA) is 18.5 Å². The standard InChI is InChI=1S/C20H32FN3.4ClH/c1-16(2)24-11-7-18(8-12-24)20(15-23-13-9-22-10-14-23)17-3-5-19(21)6-4-17;;;;/h3-6,16,18,20,22H,7-15H2,1-2H3;4*1H. The second kappa shape index (κ2) is 15.1. The van der Waals surface area contributed by atoms with Crippen molar-refractivity contribution in [3.05, 3.63) is 35.6 Å². The summed E-state index contributed by atoms with van der Waals surface area (Å²) in [4.78, 5) is 5.17. The summed E-state index contributed by atoms with van der Waals surface area (Å²) in [5, 5.41) is 3.44. The van der Waals surface area contributed by atoms with Crippen LogP contribution in [0.1, 0.15) is 38.2 Å². The van der Waals surface area contributed by atoms with Crippen LogP contribution in [0.3, 0.4) is 0 Å². The molecule has 2 aliphatic heterocycles. The summed E-state index contributed by atoms with van der Waals surface area (Å²) < 4.78 is 13.4. The first-order chi connectivity index (χ1) is 11.6. The van der Waals surface area contributed by atoms with E-state index in [9.17, 15) is 4.39 Å². The number of halogens is 5. The number of hydrogen-bond acceptors (Lipinski definition) is 3. The number of piperidine rings is 1. The van der Waals surface area contributed by atoms with Gasteiger partial charge in [-0.25, -0.2) is 4.39 Å². The minimum Gasteiger partial charge on any atom is -0.314 e. The fourth-order valence-electron chi connectivity index (χ4n) is 4.25. The van der Waals surface area contributed by atoms with Gasteiger partial charge < -0.3 is 15.1 Å². The highest BCUT2D eigenvalue weighted by molar-refractivity contribution is 5.86. The fraction of sp³-hybridized carbons (Fsp3) is 0.700. The summed E-state index contributed by atoms with van der Waals surface area (Å²) in [6.45, 7) is 12.5. The molecule has 2 heterocycles. The van der Waals surface area contributed by atoms with E-state index >= 15 is 0 Å². The van der Waals surface area contributed by atoms with Crippen molar-refractivity contribution in [1.82, 2.24) is 15.1 Å². The number of benzene rings is 1. The molecule has 0 bridgehead atoms. The Kier molecular flexibility index (Phi) is 16.3. The van der Waals surface area contributed by atoms with Gasteiger partial charge in [0, 0.05) is 38.8 Å². The molecule has 0 aliphatic carbocycles. The summed E-state index contributed by atoms with van der Waals surface area (Å²) in [5.41, 5.74) is 1.32. The Morgan fingerprint density at radius 3 is 1.96 bits per heavy atom. The van der Waals surface area contributed by atoms with Gasteiger partial charge in [-0.1, -0.05) is 12.1 Å². The molecule has 1 N–H and O–H groups in total. The van der Waals surface area contributed by atoms with E-state index in [0.29, 0.717) is 17.9 Å². The Balaban J connectivity index is 0. The van der Waals surface area contributed by atoms with Crippen LogP contribution in [0.2, 0.25) is 0 Å². The van der Waals surface area contributed by atoms with Crippen molar-refractivity contribution < 1.29 is 4.39 Å². The Bertz CT molecular complexity index is 505. The Labute approximate surface area is 194 Å². The molecule has 28 heavy (non-hydrogen) atoms. The maximum atomic E-state index is 13.4. The Morgan fingerprint density at radius 2 is 1.46 bits per heavy atom. The number of likely N-dealkylation sites (tertiary alicyclic amines) is 1. The van der Waals surface area contributed by atoms with Crippen LogP contribution < -0.4 is 5.32 Å². The lowest BCUT2D eigenvalue weighted by atomic mass is 9.79. The predicted molar refractivity (Wildman–Crippen MR) is 127 cm³/mol. The van der Waals surface area contributed by atoms with E-state index in [0.717, 1.165) is 32.7 Å². The van der Waals surface area contributed by atoms with E-state index in [2.05, 4.69) is 29.0 Å². The average molecular weight is 479 g/mol. The van der Waals surface area contributed by atoms with Crippen LogP contribution in [0.4, 0.5) is 4.39 Å². The number of hydrogen-bond donors (Lipinski definition) is 1. The van der Waals surface area contributed by atoms with Crippen LogP contribution in [-0.2, 0) is 0 Å². The lowest BCUT2D eigenvalue weighted by molar-refractivity contribution is 0.120. The van der Waals surface area contributed by atoms with Gasteiger partial charge in [0.15, 0.2) is 0 Å². The van der Waals surface area contributed by atoms with Gasteiger partial charge in [0.1, 0.15) is 5.82 Å². The minimum absolute atomic E-state index is 0. The van der Waals surface area contributed by atoms with Crippen molar-refractivity contribution in [3.63, 3.8) is 0 Å². The molecular formula is C20H36Cl4FN3. The molecule has 0 aromatic heterocycles. The average Bonchev–Trinajstić information content (AvgIpc) is 2.62. The van der Waals surface area contributed by atoms with Crippen molar-refractivity contribution in [2.75, 3.05) is 45.8 Å². The quantitative estimate of drug-likeness (QED) is 0.665. The van der Waals surface area contributed by atoms with Gasteiger partial charge in [0.25, 0.3) is 0 Å². The molecule has 1 atom stereocenters. The van der Waals surface area contributed by atoms with Crippen molar-refractivity contribution >= 4 is 49.6 Å². The van der Waals surface area contributed by atoms with E-state index in [-0.39, 0.29) is 55.4 Å². The largest absolute Gasteiger partial charge is 0.314 e. The minimum atomic E-state index is -0.130. The first-order valence-electron chi connectivity index (χ1n) is 9.56. The van der Waals surface area contributed by atoms with Crippen LogP contribution in [0, 0.1) is 11.7 Å². The van der Waals surface area contributed by atoms with Crippen LogP contribution in [-0.4, -0.2) is 61.7 Å². The summed E-state index contributed by atoms with van der Waals surface area (Å²) in [6, 6.07) is 7.92. The molecule has 0 amide bonds. The van der Waals surface area contributed by atoms with E-state index < -0.39 is 0 Å². The van der Waals surface area contributed by atoms with Crippen molar-refractivity contribution in [1.29, 1.82) is 0 Å². The summed E-state index contributed by atoms with van der Waals surface area (Å²) in [5.74, 6) is 1.10. The first kappa shape index (κ1) is 30.4. The highest BCUT2D eigenvalue weighted by atomic mass is 35.5. The Morgan fingerprint density at radius 1 is 0.929 bits per heavy atom. The van der Waals surface area contributed by atoms with E-state index in [1.54, 1.807) is 12.1 Å². The highest BCUT2D eigenvalue weighted by Gasteiger charge is 2.30. The SMILES string of the molecule is CC(C)N1CCC(C(CN2CCNCC2)c2ccc(F)cc2)CC1.Cl.Cl.Cl.Cl. The number of nitrogens with zero attached hydrogens (tertiary/aromatic N) is 2. The van der Waals surface area contributed by atoms with Crippen LogP contribution >= 0.6 is 49.6 Å². The third kappa shape index (κ3) is 8.51. The van der Waals surface area contributed by atoms with Crippen molar-refractivity contribution in [2.24, 2.45) is 5.92 Å². The summed E-state index contributed by atoms with van der Waals surface area (Å²) in [7, 11) is 0. The van der Waals surface area contributed by atoms with Crippen LogP contribution in [0.25, 0.3) is 0 Å². The molecule has 8 heteroatoms.